The zero-order valence-electron chi connectivity index (χ0n) is 15.4. The molecule has 0 bridgehead atoms. The molecule has 3 unspecified atom stereocenters. The number of carbonyl (C=O) groups excluding carboxylic acids is 2. The van der Waals surface area contributed by atoms with Crippen molar-refractivity contribution in [3.63, 3.8) is 0 Å². The third kappa shape index (κ3) is 4.31. The first kappa shape index (κ1) is 18.2. The zero-order valence-corrected chi connectivity index (χ0v) is 15.4. The number of amides is 2. The molecule has 0 radical (unpaired) electrons. The Morgan fingerprint density at radius 1 is 1.04 bits per heavy atom. The molecule has 0 saturated heterocycles. The lowest BCUT2D eigenvalue weighted by Crippen LogP contribution is -2.36. The first-order valence-electron chi connectivity index (χ1n) is 9.31. The number of nitrogens with zero attached hydrogens (tertiary/aromatic N) is 1. The number of anilines is 1. The largest absolute Gasteiger partial charge is 0.353 e. The lowest BCUT2D eigenvalue weighted by molar-refractivity contribution is -0.126. The van der Waals surface area contributed by atoms with E-state index < -0.39 is 0 Å². The van der Waals surface area contributed by atoms with Crippen LogP contribution in [0.5, 0.6) is 0 Å². The van der Waals surface area contributed by atoms with Crippen LogP contribution in [0.2, 0.25) is 0 Å². The van der Waals surface area contributed by atoms with Gasteiger partial charge in [-0.25, -0.2) is 0 Å². The highest BCUT2D eigenvalue weighted by Crippen LogP contribution is 2.41. The smallest absolute Gasteiger partial charge is 0.231 e. The van der Waals surface area contributed by atoms with Gasteiger partial charge in [-0.1, -0.05) is 55.5 Å². The van der Waals surface area contributed by atoms with Crippen molar-refractivity contribution >= 4 is 17.5 Å². The van der Waals surface area contributed by atoms with E-state index in [2.05, 4.69) is 5.32 Å². The molecular weight excluding hydrogens is 324 g/mol. The predicted octanol–water partition coefficient (Wildman–Crippen LogP) is 3.77. The monoisotopic (exact) mass is 350 g/mol. The minimum Gasteiger partial charge on any atom is -0.353 e. The Hall–Kier alpha value is -2.62. The van der Waals surface area contributed by atoms with Crippen LogP contribution in [0.25, 0.3) is 0 Å². The highest BCUT2D eigenvalue weighted by Gasteiger charge is 2.49. The average molecular weight is 350 g/mol. The van der Waals surface area contributed by atoms with E-state index in [1.807, 2.05) is 74.5 Å². The van der Waals surface area contributed by atoms with Crippen LogP contribution in [0.4, 0.5) is 5.69 Å². The third-order valence-electron chi connectivity index (χ3n) is 4.96. The Morgan fingerprint density at radius 3 is 2.27 bits per heavy atom. The Balaban J connectivity index is 1.73. The Bertz CT molecular complexity index is 745. The maximum absolute atomic E-state index is 13.1. The molecule has 1 aliphatic carbocycles. The average Bonchev–Trinajstić information content (AvgIpc) is 3.48. The predicted molar refractivity (Wildman–Crippen MR) is 104 cm³/mol. The zero-order chi connectivity index (χ0) is 18.5. The second kappa shape index (κ2) is 8.17. The van der Waals surface area contributed by atoms with Crippen molar-refractivity contribution in [1.82, 2.24) is 5.32 Å². The molecule has 0 aromatic heterocycles. The highest BCUT2D eigenvalue weighted by atomic mass is 16.2. The number of nitrogens with one attached hydrogen (secondary N) is 1. The molecule has 0 aliphatic heterocycles. The minimum absolute atomic E-state index is 0.00502. The van der Waals surface area contributed by atoms with Crippen LogP contribution in [0, 0.1) is 11.8 Å². The van der Waals surface area contributed by atoms with Gasteiger partial charge in [0.2, 0.25) is 11.8 Å². The molecule has 1 aliphatic rings. The summed E-state index contributed by atoms with van der Waals surface area (Å²) in [6.07, 6.45) is 1.53. The summed E-state index contributed by atoms with van der Waals surface area (Å²) in [4.78, 5) is 27.3. The molecule has 3 atom stereocenters. The van der Waals surface area contributed by atoms with E-state index in [1.54, 1.807) is 4.90 Å². The molecule has 2 aromatic carbocycles. The van der Waals surface area contributed by atoms with Crippen LogP contribution in [-0.2, 0) is 16.1 Å². The van der Waals surface area contributed by atoms with Gasteiger partial charge in [-0.2, -0.15) is 0 Å². The van der Waals surface area contributed by atoms with Crippen molar-refractivity contribution < 1.29 is 9.59 Å². The molecule has 1 fully saturated rings. The molecule has 3 rings (SSSR count). The highest BCUT2D eigenvalue weighted by molar-refractivity contribution is 6.01. The summed E-state index contributed by atoms with van der Waals surface area (Å²) in [5.41, 5.74) is 1.94. The summed E-state index contributed by atoms with van der Waals surface area (Å²) in [5, 5.41) is 3.00. The van der Waals surface area contributed by atoms with E-state index in [0.29, 0.717) is 13.0 Å². The number of rotatable bonds is 7. The van der Waals surface area contributed by atoms with Gasteiger partial charge in [0.1, 0.15) is 0 Å². The van der Waals surface area contributed by atoms with Crippen LogP contribution in [0.1, 0.15) is 32.3 Å². The quantitative estimate of drug-likeness (QED) is 0.826. The summed E-state index contributed by atoms with van der Waals surface area (Å²) in [7, 11) is 0. The molecule has 1 N–H and O–H groups in total. The first-order valence-corrected chi connectivity index (χ1v) is 9.31. The molecule has 2 amide bonds. The SMILES string of the molecule is CCC(C)NC(=O)C1CC1C(=O)N(Cc1ccccc1)c1ccccc1. The van der Waals surface area contributed by atoms with Crippen LogP contribution in [0.15, 0.2) is 60.7 Å². The van der Waals surface area contributed by atoms with Crippen LogP contribution in [-0.4, -0.2) is 17.9 Å². The topological polar surface area (TPSA) is 49.4 Å². The van der Waals surface area contributed by atoms with Gasteiger partial charge in [0.25, 0.3) is 0 Å². The van der Waals surface area contributed by atoms with Gasteiger partial charge < -0.3 is 10.2 Å². The standard InChI is InChI=1S/C22H26N2O2/c1-3-16(2)23-21(25)19-14-20(19)22(26)24(18-12-8-5-9-13-18)15-17-10-6-4-7-11-17/h4-13,16,19-20H,3,14-15H2,1-2H3,(H,23,25). The second-order valence-electron chi connectivity index (χ2n) is 7.01. The van der Waals surface area contributed by atoms with E-state index in [9.17, 15) is 9.59 Å². The summed E-state index contributed by atoms with van der Waals surface area (Å²) < 4.78 is 0. The number of carbonyl (C=O) groups is 2. The molecule has 136 valence electrons. The fraction of sp³-hybridized carbons (Fsp3) is 0.364. The number of benzene rings is 2. The fourth-order valence-electron chi connectivity index (χ4n) is 3.08. The Morgan fingerprint density at radius 2 is 1.65 bits per heavy atom. The molecule has 0 spiro atoms. The van der Waals surface area contributed by atoms with Gasteiger partial charge in [0, 0.05) is 11.7 Å². The molecular formula is C22H26N2O2. The summed E-state index contributed by atoms with van der Waals surface area (Å²) >= 11 is 0. The van der Waals surface area contributed by atoms with Crippen molar-refractivity contribution in [1.29, 1.82) is 0 Å². The normalized spacial score (nSPS) is 19.5. The summed E-state index contributed by atoms with van der Waals surface area (Å²) in [6, 6.07) is 19.8. The van der Waals surface area contributed by atoms with Crippen molar-refractivity contribution in [2.45, 2.75) is 39.3 Å². The van der Waals surface area contributed by atoms with E-state index in [4.69, 9.17) is 0 Å². The van der Waals surface area contributed by atoms with Crippen LogP contribution in [0.3, 0.4) is 0 Å². The van der Waals surface area contributed by atoms with Crippen LogP contribution >= 0.6 is 0 Å². The molecule has 1 saturated carbocycles. The number of hydrogen-bond donors (Lipinski definition) is 1. The van der Waals surface area contributed by atoms with Crippen molar-refractivity contribution in [2.75, 3.05) is 4.90 Å². The maximum atomic E-state index is 13.1. The van der Waals surface area contributed by atoms with Gasteiger partial charge in [-0.15, -0.1) is 0 Å². The van der Waals surface area contributed by atoms with Crippen molar-refractivity contribution in [2.24, 2.45) is 11.8 Å². The van der Waals surface area contributed by atoms with E-state index in [1.165, 1.54) is 0 Å². The van der Waals surface area contributed by atoms with Gasteiger partial charge >= 0.3 is 0 Å². The minimum atomic E-state index is -0.219. The van der Waals surface area contributed by atoms with Gasteiger partial charge in [0.05, 0.1) is 18.4 Å². The van der Waals surface area contributed by atoms with E-state index >= 15 is 0 Å². The molecule has 4 heteroatoms. The molecule has 4 nitrogen and oxygen atoms in total. The summed E-state index contributed by atoms with van der Waals surface area (Å²) in [5.74, 6) is -0.378. The second-order valence-corrected chi connectivity index (χ2v) is 7.01. The Labute approximate surface area is 155 Å². The molecule has 26 heavy (non-hydrogen) atoms. The third-order valence-corrected chi connectivity index (χ3v) is 4.96. The number of hydrogen-bond acceptors (Lipinski definition) is 2. The number of para-hydroxylation sites is 1. The van der Waals surface area contributed by atoms with Gasteiger partial charge in [0.15, 0.2) is 0 Å². The lowest BCUT2D eigenvalue weighted by Gasteiger charge is -2.23. The fourth-order valence-corrected chi connectivity index (χ4v) is 3.08. The van der Waals surface area contributed by atoms with Gasteiger partial charge in [-0.05, 0) is 37.5 Å². The first-order chi connectivity index (χ1) is 12.6. The molecule has 2 aromatic rings. The van der Waals surface area contributed by atoms with E-state index in [0.717, 1.165) is 17.7 Å². The van der Waals surface area contributed by atoms with E-state index in [-0.39, 0.29) is 29.7 Å². The molecule has 0 heterocycles. The van der Waals surface area contributed by atoms with Crippen molar-refractivity contribution in [3.8, 4) is 0 Å². The lowest BCUT2D eigenvalue weighted by atomic mass is 10.1. The maximum Gasteiger partial charge on any atom is 0.231 e. The summed E-state index contributed by atoms with van der Waals surface area (Å²) in [6.45, 7) is 4.54. The Kier molecular flexibility index (Phi) is 5.71. The van der Waals surface area contributed by atoms with Gasteiger partial charge in [-0.3, -0.25) is 9.59 Å². The van der Waals surface area contributed by atoms with Crippen LogP contribution < -0.4 is 10.2 Å². The van der Waals surface area contributed by atoms with Crippen molar-refractivity contribution in [3.05, 3.63) is 66.2 Å².